The second-order valence-corrected chi connectivity index (χ2v) is 18.9. The lowest BCUT2D eigenvalue weighted by atomic mass is 9.74. The van der Waals surface area contributed by atoms with Crippen LogP contribution in [0.15, 0.2) is 279 Å². The summed E-state index contributed by atoms with van der Waals surface area (Å²) >= 11 is 0. The van der Waals surface area contributed by atoms with Crippen molar-refractivity contribution in [2.24, 2.45) is 0 Å². The fraction of sp³-hybridized carbons (Fsp3) is 0.0286. The van der Waals surface area contributed by atoms with Crippen LogP contribution in [0.3, 0.4) is 0 Å². The van der Waals surface area contributed by atoms with Gasteiger partial charge in [-0.1, -0.05) is 249 Å². The molecule has 1 unspecified atom stereocenters. The lowest BCUT2D eigenvalue weighted by Gasteiger charge is -2.32. The van der Waals surface area contributed by atoms with Crippen molar-refractivity contribution in [3.8, 4) is 66.8 Å². The maximum absolute atomic E-state index is 2.52. The van der Waals surface area contributed by atoms with E-state index >= 15 is 0 Å². The highest BCUT2D eigenvalue weighted by Gasteiger charge is 2.41. The molecule has 0 amide bonds. The molecule has 0 aromatic heterocycles. The fourth-order valence-electron chi connectivity index (χ4n) is 11.6. The minimum absolute atomic E-state index is 0.312. The minimum atomic E-state index is -0.312. The normalized spacial score (nSPS) is 13.8. The van der Waals surface area contributed by atoms with E-state index in [-0.39, 0.29) is 5.41 Å². The van der Waals surface area contributed by atoms with Crippen molar-refractivity contribution in [1.82, 2.24) is 0 Å². The van der Waals surface area contributed by atoms with Crippen LogP contribution in [0.5, 0.6) is 0 Å². The molecule has 0 saturated carbocycles. The molecule has 71 heavy (non-hydrogen) atoms. The van der Waals surface area contributed by atoms with Gasteiger partial charge in [-0.05, 0) is 131 Å². The zero-order valence-corrected chi connectivity index (χ0v) is 39.5. The molecule has 1 atom stereocenters. The number of hydrogen-bond acceptors (Lipinski definition) is 1. The molecule has 0 bridgehead atoms. The number of hydrogen-bond donors (Lipinski definition) is 0. The molecule has 0 radical (unpaired) electrons. The van der Waals surface area contributed by atoms with Gasteiger partial charge in [0.1, 0.15) is 0 Å². The van der Waals surface area contributed by atoms with Gasteiger partial charge in [-0.3, -0.25) is 0 Å². The Morgan fingerprint density at radius 3 is 1.37 bits per heavy atom. The number of para-hydroxylation sites is 1. The van der Waals surface area contributed by atoms with Gasteiger partial charge in [0.15, 0.2) is 0 Å². The Bertz CT molecular complexity index is 3860. The smallest absolute Gasteiger partial charge is 0.0618 e. The Balaban J connectivity index is 1.07. The Morgan fingerprint density at radius 1 is 0.268 bits per heavy atom. The van der Waals surface area contributed by atoms with Crippen molar-refractivity contribution in [3.05, 3.63) is 296 Å². The molecular formula is C70H49N. The molecule has 0 spiro atoms. The van der Waals surface area contributed by atoms with Gasteiger partial charge >= 0.3 is 0 Å². The van der Waals surface area contributed by atoms with Crippen molar-refractivity contribution in [2.75, 3.05) is 4.90 Å². The second-order valence-electron chi connectivity index (χ2n) is 18.9. The van der Waals surface area contributed by atoms with Crippen LogP contribution in [0.2, 0.25) is 0 Å². The van der Waals surface area contributed by atoms with E-state index in [0.29, 0.717) is 0 Å². The maximum atomic E-state index is 2.52. The van der Waals surface area contributed by atoms with E-state index in [4.69, 9.17) is 0 Å². The molecule has 0 heterocycles. The van der Waals surface area contributed by atoms with Crippen molar-refractivity contribution in [1.29, 1.82) is 0 Å². The van der Waals surface area contributed by atoms with Crippen LogP contribution in [-0.4, -0.2) is 0 Å². The highest BCUT2D eigenvalue weighted by molar-refractivity contribution is 6.22. The monoisotopic (exact) mass is 903 g/mol. The van der Waals surface area contributed by atoms with Gasteiger partial charge in [-0.25, -0.2) is 0 Å². The van der Waals surface area contributed by atoms with Crippen LogP contribution in [0.1, 0.15) is 23.6 Å². The van der Waals surface area contributed by atoms with Crippen LogP contribution in [-0.2, 0) is 5.41 Å². The first-order valence-corrected chi connectivity index (χ1v) is 24.7. The second kappa shape index (κ2) is 17.5. The molecule has 12 aromatic carbocycles. The third-order valence-corrected chi connectivity index (χ3v) is 14.9. The number of benzene rings is 12. The predicted molar refractivity (Wildman–Crippen MR) is 301 cm³/mol. The first-order valence-electron chi connectivity index (χ1n) is 24.7. The Labute approximate surface area is 416 Å². The zero-order chi connectivity index (χ0) is 47.3. The summed E-state index contributed by atoms with van der Waals surface area (Å²) in [5.74, 6) is 0. The molecule has 0 saturated heterocycles. The van der Waals surface area contributed by atoms with E-state index in [1.54, 1.807) is 0 Å². The van der Waals surface area contributed by atoms with E-state index in [2.05, 4.69) is 291 Å². The van der Waals surface area contributed by atoms with Gasteiger partial charge in [-0.15, -0.1) is 0 Å². The van der Waals surface area contributed by atoms with Crippen molar-refractivity contribution < 1.29 is 0 Å². The molecule has 13 rings (SSSR count). The lowest BCUT2D eigenvalue weighted by Crippen LogP contribution is -2.22. The van der Waals surface area contributed by atoms with E-state index < -0.39 is 0 Å². The zero-order valence-electron chi connectivity index (χ0n) is 39.5. The molecule has 1 heteroatoms. The molecule has 0 fully saturated rings. The number of rotatable bonds is 9. The predicted octanol–water partition coefficient (Wildman–Crippen LogP) is 19.1. The number of anilines is 3. The SMILES string of the molecule is CC1(c2ccccc2)c2ccccc2-c2cc(N(c3cccc(-c4ccc5c(c4)c(-c4ccccc4)c(-c4ccccc4)c4ccccc45)c3)c3c(-c4ccccc4)cccc3-c3ccccc3)ccc21. The molecule has 1 aliphatic rings. The van der Waals surface area contributed by atoms with E-state index in [0.717, 1.165) is 50.4 Å². The Morgan fingerprint density at radius 2 is 0.718 bits per heavy atom. The van der Waals surface area contributed by atoms with Crippen molar-refractivity contribution >= 4 is 38.6 Å². The first kappa shape index (κ1) is 42.1. The van der Waals surface area contributed by atoms with Gasteiger partial charge in [-0.2, -0.15) is 0 Å². The first-order chi connectivity index (χ1) is 35.1. The summed E-state index contributed by atoms with van der Waals surface area (Å²) in [7, 11) is 0. The van der Waals surface area contributed by atoms with Gasteiger partial charge in [0.05, 0.1) is 5.69 Å². The molecule has 0 aliphatic heterocycles. The van der Waals surface area contributed by atoms with Crippen molar-refractivity contribution in [2.45, 2.75) is 12.3 Å². The third-order valence-electron chi connectivity index (χ3n) is 14.9. The highest BCUT2D eigenvalue weighted by Crippen LogP contribution is 2.55. The van der Waals surface area contributed by atoms with Crippen LogP contribution >= 0.6 is 0 Å². The summed E-state index contributed by atoms with van der Waals surface area (Å²) in [5, 5.41) is 4.97. The van der Waals surface area contributed by atoms with Crippen LogP contribution in [0, 0.1) is 0 Å². The summed E-state index contributed by atoms with van der Waals surface area (Å²) in [6, 6.07) is 103. The third kappa shape index (κ3) is 7.08. The standard InChI is InChI=1S/C70H49N/c1-70(54-32-15-6-16-33-54)65-40-20-19-36-61(65)63-47-56(42-44-66(63)70)71(69-57(48-23-7-2-8-24-48)38-22-39-58(69)49-25-9-3-10-26-49)55-34-21-31-52(45-55)53-41-43-60-59-35-17-18-37-62(59)67(50-27-11-4-12-28-50)68(64(60)46-53)51-29-13-5-14-30-51/h2-47H,1H3. The maximum Gasteiger partial charge on any atom is 0.0618 e. The molecule has 0 N–H and O–H groups in total. The quantitative estimate of drug-likeness (QED) is 0.130. The van der Waals surface area contributed by atoms with Gasteiger partial charge in [0.2, 0.25) is 0 Å². The van der Waals surface area contributed by atoms with E-state index in [1.165, 1.54) is 71.6 Å². The summed E-state index contributed by atoms with van der Waals surface area (Å²) in [6.45, 7) is 2.39. The molecule has 1 aliphatic carbocycles. The van der Waals surface area contributed by atoms with Crippen LogP contribution < -0.4 is 4.90 Å². The van der Waals surface area contributed by atoms with Gasteiger partial charge < -0.3 is 4.90 Å². The molecule has 1 nitrogen and oxygen atoms in total. The Kier molecular flexibility index (Phi) is 10.4. The molecular weight excluding hydrogens is 855 g/mol. The number of nitrogens with zero attached hydrogens (tertiary/aromatic N) is 1. The highest BCUT2D eigenvalue weighted by atomic mass is 15.1. The minimum Gasteiger partial charge on any atom is -0.309 e. The summed E-state index contributed by atoms with van der Waals surface area (Å²) in [4.78, 5) is 2.52. The summed E-state index contributed by atoms with van der Waals surface area (Å²) in [5.41, 5.74) is 21.3. The van der Waals surface area contributed by atoms with Crippen LogP contribution in [0.25, 0.3) is 88.3 Å². The Hall–Kier alpha value is -9.04. The topological polar surface area (TPSA) is 3.24 Å². The lowest BCUT2D eigenvalue weighted by molar-refractivity contribution is 0.714. The van der Waals surface area contributed by atoms with E-state index in [9.17, 15) is 0 Å². The summed E-state index contributed by atoms with van der Waals surface area (Å²) in [6.07, 6.45) is 0. The average molecular weight is 904 g/mol. The molecule has 334 valence electrons. The van der Waals surface area contributed by atoms with Gasteiger partial charge in [0, 0.05) is 27.9 Å². The van der Waals surface area contributed by atoms with Gasteiger partial charge in [0.25, 0.3) is 0 Å². The van der Waals surface area contributed by atoms with E-state index in [1.807, 2.05) is 0 Å². The fourth-order valence-corrected chi connectivity index (χ4v) is 11.6. The molecule has 12 aromatic rings. The largest absolute Gasteiger partial charge is 0.309 e. The number of fused-ring (bicyclic) bond motifs is 6. The van der Waals surface area contributed by atoms with Crippen molar-refractivity contribution in [3.63, 3.8) is 0 Å². The van der Waals surface area contributed by atoms with Crippen LogP contribution in [0.4, 0.5) is 17.1 Å². The summed E-state index contributed by atoms with van der Waals surface area (Å²) < 4.78 is 0. The average Bonchev–Trinajstić information content (AvgIpc) is 3.71.